The van der Waals surface area contributed by atoms with E-state index in [4.69, 9.17) is 9.52 Å². The maximum Gasteiger partial charge on any atom is 0.198 e. The van der Waals surface area contributed by atoms with Crippen LogP contribution in [0.2, 0.25) is 0 Å². The van der Waals surface area contributed by atoms with Crippen molar-refractivity contribution in [1.82, 2.24) is 0 Å². The van der Waals surface area contributed by atoms with Gasteiger partial charge in [-0.3, -0.25) is 9.79 Å². The first-order valence-electron chi connectivity index (χ1n) is 6.43. The average Bonchev–Trinajstić information content (AvgIpc) is 3.02. The molecule has 4 nitrogen and oxygen atoms in total. The monoisotopic (exact) mass is 287 g/mol. The molecule has 0 aliphatic heterocycles. The van der Waals surface area contributed by atoms with E-state index < -0.39 is 0 Å². The Labute approximate surface area is 125 Å². The lowest BCUT2D eigenvalue weighted by Gasteiger charge is -1.91. The lowest BCUT2D eigenvalue weighted by atomic mass is 10.2. The molecule has 1 N–H and O–H groups in total. The maximum absolute atomic E-state index is 11.4. The third-order valence-electron chi connectivity index (χ3n) is 2.20. The number of nitrogens with zero attached hydrogens (tertiary/aromatic N) is 1. The van der Waals surface area contributed by atoms with Crippen LogP contribution in [0.4, 0.5) is 0 Å². The van der Waals surface area contributed by atoms with Crippen LogP contribution in [0.5, 0.6) is 0 Å². The second-order valence-corrected chi connectivity index (χ2v) is 3.81. The fraction of sp³-hybridized carbons (Fsp3) is 0.176. The molecule has 0 saturated heterocycles. The Bertz CT molecular complexity index is 508. The van der Waals surface area contributed by atoms with E-state index in [2.05, 4.69) is 18.2 Å². The summed E-state index contributed by atoms with van der Waals surface area (Å²) in [6.45, 7) is 6.68. The highest BCUT2D eigenvalue weighted by Gasteiger charge is 2.05. The average molecular weight is 287 g/mol. The molecule has 0 atom stereocenters. The van der Waals surface area contributed by atoms with Gasteiger partial charge in [-0.05, 0) is 36.8 Å². The fourth-order valence-electron chi connectivity index (χ4n) is 1.21. The Morgan fingerprint density at radius 3 is 2.71 bits per heavy atom. The molecule has 0 amide bonds. The van der Waals surface area contributed by atoms with Crippen molar-refractivity contribution >= 4 is 12.0 Å². The molecule has 21 heavy (non-hydrogen) atoms. The number of Topliss-reactive ketones (excluding diaryl/α,β-unsaturated/α-hetero) is 1. The van der Waals surface area contributed by atoms with Crippen LogP contribution in [0.15, 0.2) is 77.1 Å². The second kappa shape index (κ2) is 12.4. The molecule has 0 radical (unpaired) electrons. The van der Waals surface area contributed by atoms with Crippen LogP contribution in [-0.2, 0) is 0 Å². The van der Waals surface area contributed by atoms with E-state index in [1.54, 1.807) is 25.4 Å². The van der Waals surface area contributed by atoms with Gasteiger partial charge in [0.05, 0.1) is 6.26 Å². The number of allylic oxidation sites excluding steroid dienone is 5. The molecule has 4 heteroatoms. The van der Waals surface area contributed by atoms with E-state index in [-0.39, 0.29) is 11.5 Å². The molecule has 0 bridgehead atoms. The van der Waals surface area contributed by atoms with Gasteiger partial charge in [-0.15, -0.1) is 0 Å². The van der Waals surface area contributed by atoms with E-state index in [0.29, 0.717) is 18.6 Å². The third-order valence-corrected chi connectivity index (χ3v) is 2.20. The zero-order valence-corrected chi connectivity index (χ0v) is 12.2. The van der Waals surface area contributed by atoms with Gasteiger partial charge in [-0.1, -0.05) is 25.3 Å². The Hall–Kier alpha value is -2.62. The molecule has 1 aromatic heterocycles. The van der Waals surface area contributed by atoms with E-state index >= 15 is 0 Å². The zero-order chi connectivity index (χ0) is 15.9. The third kappa shape index (κ3) is 9.90. The normalized spacial score (nSPS) is 11.2. The minimum Gasteiger partial charge on any atom is -0.508 e. The second-order valence-electron chi connectivity index (χ2n) is 3.81. The first kappa shape index (κ1) is 18.4. The lowest BCUT2D eigenvalue weighted by Crippen LogP contribution is -1.95. The number of ketones is 1. The summed E-state index contributed by atoms with van der Waals surface area (Å²) in [6, 6.07) is 3.40. The Morgan fingerprint density at radius 2 is 2.24 bits per heavy atom. The van der Waals surface area contributed by atoms with Gasteiger partial charge in [-0.25, -0.2) is 0 Å². The summed E-state index contributed by atoms with van der Waals surface area (Å²) in [5.74, 6) is 0.616. The first-order valence-corrected chi connectivity index (χ1v) is 6.43. The molecule has 1 rings (SSSR count). The summed E-state index contributed by atoms with van der Waals surface area (Å²) >= 11 is 0. The van der Waals surface area contributed by atoms with E-state index in [1.807, 2.05) is 12.2 Å². The van der Waals surface area contributed by atoms with Crippen LogP contribution in [0.25, 0.3) is 0 Å². The Balaban J connectivity index is 0.000000486. The molecule has 0 unspecified atom stereocenters. The quantitative estimate of drug-likeness (QED) is 0.352. The molecule has 112 valence electrons. The number of rotatable bonds is 7. The predicted molar refractivity (Wildman–Crippen MR) is 86.9 cm³/mol. The number of aliphatic hydroxyl groups excluding tert-OH is 1. The Kier molecular flexibility index (Phi) is 10.9. The highest BCUT2D eigenvalue weighted by Crippen LogP contribution is 2.05. The van der Waals surface area contributed by atoms with Crippen molar-refractivity contribution in [2.24, 2.45) is 4.99 Å². The molecular weight excluding hydrogens is 266 g/mol. The molecule has 1 aromatic rings. The van der Waals surface area contributed by atoms with Crippen LogP contribution in [0.1, 0.15) is 23.4 Å². The largest absolute Gasteiger partial charge is 0.508 e. The maximum atomic E-state index is 11.4. The van der Waals surface area contributed by atoms with Gasteiger partial charge in [-0.2, -0.15) is 0 Å². The van der Waals surface area contributed by atoms with Crippen LogP contribution < -0.4 is 0 Å². The van der Waals surface area contributed by atoms with E-state index in [9.17, 15) is 4.79 Å². The highest BCUT2D eigenvalue weighted by atomic mass is 16.3. The summed E-state index contributed by atoms with van der Waals surface area (Å²) in [5, 5.41) is 8.53. The van der Waals surface area contributed by atoms with Gasteiger partial charge in [0.2, 0.25) is 0 Å². The van der Waals surface area contributed by atoms with Crippen LogP contribution in [0, 0.1) is 0 Å². The van der Waals surface area contributed by atoms with Crippen molar-refractivity contribution in [3.05, 3.63) is 73.5 Å². The van der Waals surface area contributed by atoms with Crippen LogP contribution >= 0.6 is 0 Å². The molecule has 0 aromatic carbocycles. The summed E-state index contributed by atoms with van der Waals surface area (Å²) in [4.78, 5) is 15.2. The summed E-state index contributed by atoms with van der Waals surface area (Å²) in [7, 11) is 1.71. The smallest absolute Gasteiger partial charge is 0.198 e. The van der Waals surface area contributed by atoms with Gasteiger partial charge in [0.15, 0.2) is 11.5 Å². The van der Waals surface area contributed by atoms with Crippen LogP contribution in [0.3, 0.4) is 0 Å². The summed E-state index contributed by atoms with van der Waals surface area (Å²) < 4.78 is 4.97. The number of carbonyl (C=O) groups is 1. The minimum absolute atomic E-state index is 0.0353. The van der Waals surface area contributed by atoms with Crippen LogP contribution in [-0.4, -0.2) is 24.2 Å². The predicted octanol–water partition coefficient (Wildman–Crippen LogP) is 4.30. The Morgan fingerprint density at radius 1 is 1.48 bits per heavy atom. The van der Waals surface area contributed by atoms with Crippen molar-refractivity contribution < 1.29 is 14.3 Å². The zero-order valence-electron chi connectivity index (χ0n) is 12.2. The van der Waals surface area contributed by atoms with Crippen molar-refractivity contribution in [3.8, 4) is 0 Å². The molecule has 0 spiro atoms. The van der Waals surface area contributed by atoms with Crippen molar-refractivity contribution in [2.75, 3.05) is 7.05 Å². The van der Waals surface area contributed by atoms with E-state index in [1.165, 1.54) is 24.5 Å². The summed E-state index contributed by atoms with van der Waals surface area (Å²) in [6.07, 6.45) is 12.4. The van der Waals surface area contributed by atoms with E-state index in [0.717, 1.165) is 0 Å². The standard InChI is InChI=1S/C11H13NO2.C6H8O/c1-12-8-4-2-3-6-10(13)11-7-5-9-14-11;1-3-5-6(7)4-2/h2,4-5,7-9H,3,6H2,1H3;3-5,7H,1-2H2/b4-2-,12-8?;6-5-. The molecule has 0 aliphatic rings. The number of furan rings is 1. The first-order chi connectivity index (χ1) is 10.2. The lowest BCUT2D eigenvalue weighted by molar-refractivity contribution is 0.0957. The van der Waals surface area contributed by atoms with Crippen molar-refractivity contribution in [1.29, 1.82) is 0 Å². The topological polar surface area (TPSA) is 62.8 Å². The highest BCUT2D eigenvalue weighted by molar-refractivity contribution is 5.93. The number of aliphatic imine (C=N–C) groups is 1. The SMILES string of the molecule is C=C/C=C(\O)C=C.CN=C/C=C\CCC(=O)c1ccco1. The van der Waals surface area contributed by atoms with Gasteiger partial charge in [0.25, 0.3) is 0 Å². The van der Waals surface area contributed by atoms with Crippen molar-refractivity contribution in [3.63, 3.8) is 0 Å². The van der Waals surface area contributed by atoms with Crippen molar-refractivity contribution in [2.45, 2.75) is 12.8 Å². The van der Waals surface area contributed by atoms with Gasteiger partial charge >= 0.3 is 0 Å². The molecular formula is C17H21NO3. The number of hydrogen-bond acceptors (Lipinski definition) is 4. The minimum atomic E-state index is 0.0353. The number of carbonyl (C=O) groups excluding carboxylic acids is 1. The van der Waals surface area contributed by atoms with Gasteiger partial charge in [0, 0.05) is 19.7 Å². The number of hydrogen-bond donors (Lipinski definition) is 1. The summed E-state index contributed by atoms with van der Waals surface area (Å²) in [5.41, 5.74) is 0. The molecule has 0 aliphatic carbocycles. The van der Waals surface area contributed by atoms with Gasteiger partial charge in [0.1, 0.15) is 5.76 Å². The molecule has 0 fully saturated rings. The molecule has 0 saturated carbocycles. The van der Waals surface area contributed by atoms with Gasteiger partial charge < -0.3 is 9.52 Å². The number of aliphatic hydroxyl groups is 1. The fourth-order valence-corrected chi connectivity index (χ4v) is 1.21. The molecule has 1 heterocycles.